The van der Waals surface area contributed by atoms with Crippen LogP contribution in [-0.2, 0) is 72.0 Å². The third kappa shape index (κ3) is 18.6. The largest absolute Gasteiger partial charge is 0.497 e. The van der Waals surface area contributed by atoms with E-state index in [0.29, 0.717) is 0 Å². The Morgan fingerprint density at radius 1 is 0.345 bits per heavy atom. The summed E-state index contributed by atoms with van der Waals surface area (Å²) in [5.74, 6) is 0.741. The topological polar surface area (TPSA) is 204 Å². The normalized spacial score (nSPS) is 13.5. The zero-order valence-corrected chi connectivity index (χ0v) is 51.0. The first-order chi connectivity index (χ1) is 39.0. The molecule has 84 heavy (non-hydrogen) atoms. The molecule has 0 radical (unpaired) electrons. The maximum atomic E-state index is 14.8. The van der Waals surface area contributed by atoms with E-state index in [2.05, 4.69) is 93.7 Å². The number of hydrogen-bond acceptors (Lipinski definition) is 14. The van der Waals surface area contributed by atoms with E-state index in [-0.39, 0.29) is 58.9 Å². The Labute approximate surface area is 488 Å². The van der Waals surface area contributed by atoms with Gasteiger partial charge < -0.3 is 8.92 Å². The van der Waals surface area contributed by atoms with Crippen molar-refractivity contribution in [3.63, 3.8) is 0 Å². The fraction of sp³-hybridized carbons (Fsp3) is 0.172. The number of aryl methyl sites for hydroxylation is 2. The molecule has 26 heteroatoms. The van der Waals surface area contributed by atoms with Crippen molar-refractivity contribution in [2.45, 2.75) is 72.0 Å². The average molecular weight is 1280 g/mol. The number of sulfone groups is 2. The van der Waals surface area contributed by atoms with Crippen LogP contribution in [0, 0.1) is 13.8 Å². The molecule has 0 spiro atoms. The Morgan fingerprint density at radius 3 is 0.857 bits per heavy atom. The van der Waals surface area contributed by atoms with E-state index in [9.17, 15) is 57.0 Å². The predicted molar refractivity (Wildman–Crippen MR) is 317 cm³/mol. The number of ether oxygens (including phenoxy) is 1. The summed E-state index contributed by atoms with van der Waals surface area (Å²) < 4.78 is 195. The van der Waals surface area contributed by atoms with E-state index < -0.39 is 61.2 Å². The fourth-order valence-corrected chi connectivity index (χ4v) is 12.4. The molecule has 0 aliphatic carbocycles. The molecule has 0 heterocycles. The van der Waals surface area contributed by atoms with Crippen molar-refractivity contribution in [1.82, 2.24) is 0 Å². The molecule has 14 nitrogen and oxygen atoms in total. The molecule has 2 atom stereocenters. The molecule has 0 amide bonds. The van der Waals surface area contributed by atoms with E-state index in [1.807, 2.05) is 38.1 Å². The van der Waals surface area contributed by atoms with Gasteiger partial charge in [0.15, 0.2) is 0 Å². The van der Waals surface area contributed by atoms with Gasteiger partial charge in [-0.25, -0.2) is 21.0 Å². The number of halogens is 6. The molecule has 8 aromatic rings. The Balaban J connectivity index is 0.000000226. The second-order valence-corrected chi connectivity index (χ2v) is 28.2. The first kappa shape index (κ1) is 65.8. The summed E-state index contributed by atoms with van der Waals surface area (Å²) in [7, 11) is -25.8. The molecule has 2 unspecified atom stereocenters. The van der Waals surface area contributed by atoms with Crippen LogP contribution in [-0.4, -0.2) is 47.0 Å². The summed E-state index contributed by atoms with van der Waals surface area (Å²) in [5.41, 5.74) is 6.16. The van der Waals surface area contributed by atoms with Crippen molar-refractivity contribution in [3.8, 4) is 11.5 Å². The zero-order chi connectivity index (χ0) is 62.1. The van der Waals surface area contributed by atoms with Crippen LogP contribution in [0.2, 0.25) is 0 Å². The summed E-state index contributed by atoms with van der Waals surface area (Å²) in [6.07, 6.45) is 0.812. The van der Waals surface area contributed by atoms with Gasteiger partial charge in [0, 0.05) is 17.1 Å². The first-order valence-electron chi connectivity index (χ1n) is 24.7. The monoisotopic (exact) mass is 1270 g/mol. The second kappa shape index (κ2) is 26.3. The Kier molecular flexibility index (Phi) is 20.6. The quantitative estimate of drug-likeness (QED) is 0.0701. The summed E-state index contributed by atoms with van der Waals surface area (Å²) in [6, 6.07) is 49.1. The van der Waals surface area contributed by atoms with E-state index in [1.165, 1.54) is 82.9 Å². The maximum Gasteiger partial charge on any atom is 0.382 e. The van der Waals surface area contributed by atoms with Crippen LogP contribution < -0.4 is 8.92 Å². The highest BCUT2D eigenvalue weighted by molar-refractivity contribution is 7.92. The van der Waals surface area contributed by atoms with Crippen molar-refractivity contribution in [3.05, 3.63) is 228 Å². The molecule has 0 aliphatic rings. The van der Waals surface area contributed by atoms with E-state index in [4.69, 9.17) is 8.92 Å². The van der Waals surface area contributed by atoms with Crippen LogP contribution in [0.3, 0.4) is 0 Å². The minimum Gasteiger partial charge on any atom is -0.497 e. The highest BCUT2D eigenvalue weighted by atomic mass is 32.3. The van der Waals surface area contributed by atoms with Gasteiger partial charge in [-0.3, -0.25) is 0 Å². The van der Waals surface area contributed by atoms with Gasteiger partial charge in [-0.2, -0.15) is 17.0 Å². The molecule has 8 aromatic carbocycles. The van der Waals surface area contributed by atoms with Gasteiger partial charge in [-0.05, 0) is 157 Å². The molecule has 0 fully saturated rings. The molecule has 0 bridgehead atoms. The smallest absolute Gasteiger partial charge is 0.382 e. The summed E-state index contributed by atoms with van der Waals surface area (Å²) in [5, 5.41) is 0. The highest BCUT2D eigenvalue weighted by Crippen LogP contribution is 2.35. The Bertz CT molecular complexity index is 4240. The minimum atomic E-state index is -5.37. The molecule has 8 rings (SSSR count). The van der Waals surface area contributed by atoms with Crippen LogP contribution >= 0.6 is 0 Å². The summed E-state index contributed by atoms with van der Waals surface area (Å²) in [6.45, 7) is 12.9. The first-order valence-corrected chi connectivity index (χ1v) is 33.4. The van der Waals surface area contributed by atoms with Gasteiger partial charge in [0.2, 0.25) is 29.8 Å². The number of rotatable bonds is 15. The molecule has 0 aliphatic heterocycles. The number of hydrogen-bond donors (Lipinski definition) is 0. The van der Waals surface area contributed by atoms with Crippen LogP contribution in [0.5, 0.6) is 11.5 Å². The van der Waals surface area contributed by atoms with E-state index in [1.54, 1.807) is 19.2 Å². The van der Waals surface area contributed by atoms with Crippen molar-refractivity contribution in [2.75, 3.05) is 13.4 Å². The predicted octanol–water partition coefficient (Wildman–Crippen LogP) is 16.3. The van der Waals surface area contributed by atoms with Gasteiger partial charge in [-0.1, -0.05) is 131 Å². The van der Waals surface area contributed by atoms with Gasteiger partial charge in [-0.15, -0.1) is 17.0 Å². The standard InChI is InChI=1S/C29H28F2N2O6S3.C17H20.C12H8F4N2O4S3/c1-29(2,21-5-13-25(38-3)14-6-21)22-7-15-26(16-8-22)39-42(31,37)33-24-11-19-28(20-12-24)41(35,36)27-17-9-23(10-18-27)32-40(4,30)34;1-13-5-9-15(10-6-13)17(3,4)16-11-7-14(2)8-12-16;13-24(14,21)17-9-1-5-11(6-2-9)23(19,20)12-7-3-10(4-8-12)18-25(15,16)22/h5-20H,1-4H3;5-12H,1-4H3;1-8H. The highest BCUT2D eigenvalue weighted by Gasteiger charge is 2.25. The molecular formula is C58H56F6N4O10S6. The lowest BCUT2D eigenvalue weighted by atomic mass is 9.78. The molecule has 0 N–H and O–H groups in total. The van der Waals surface area contributed by atoms with Gasteiger partial charge in [0.1, 0.15) is 11.5 Å². The Hall–Kier alpha value is -7.36. The van der Waals surface area contributed by atoms with Crippen LogP contribution in [0.4, 0.5) is 46.1 Å². The third-order valence-electron chi connectivity index (χ3n) is 12.6. The minimum absolute atomic E-state index is 0.00145. The lowest BCUT2D eigenvalue weighted by Gasteiger charge is -2.26. The molecule has 0 aromatic heterocycles. The number of methoxy groups -OCH3 is 1. The molecule has 0 saturated heterocycles. The van der Waals surface area contributed by atoms with Crippen molar-refractivity contribution >= 4 is 83.9 Å². The van der Waals surface area contributed by atoms with Gasteiger partial charge in [0.25, 0.3) is 0 Å². The van der Waals surface area contributed by atoms with Crippen molar-refractivity contribution in [2.24, 2.45) is 17.5 Å². The molecule has 0 saturated carbocycles. The van der Waals surface area contributed by atoms with Crippen LogP contribution in [0.25, 0.3) is 0 Å². The van der Waals surface area contributed by atoms with Crippen molar-refractivity contribution in [1.29, 1.82) is 0 Å². The van der Waals surface area contributed by atoms with E-state index in [0.717, 1.165) is 71.7 Å². The SMILES string of the molecule is COc1ccc(C(C)(C)c2ccc(OS(=O)(F)=Nc3ccc(S(=O)(=O)c4ccc(N=S(C)(=O)F)cc4)cc3)cc2)cc1.Cc1ccc(C(C)(C)c2ccc(C)cc2)cc1.O=S(=O)(c1ccc(N=S(=O)(F)F)cc1)c1ccc(N=S(=O)(F)F)cc1. The van der Waals surface area contributed by atoms with Gasteiger partial charge in [0.05, 0.1) is 49.4 Å². The Morgan fingerprint density at radius 2 is 0.595 bits per heavy atom. The lowest BCUT2D eigenvalue weighted by molar-refractivity contribution is 0.414. The average Bonchev–Trinajstić information content (AvgIpc) is 3.44. The van der Waals surface area contributed by atoms with E-state index >= 15 is 0 Å². The third-order valence-corrected chi connectivity index (χ3v) is 18.4. The fourth-order valence-electron chi connectivity index (χ4n) is 7.92. The zero-order valence-electron chi connectivity index (χ0n) is 46.1. The van der Waals surface area contributed by atoms with Gasteiger partial charge >= 0.3 is 31.4 Å². The molecule has 446 valence electrons. The maximum absolute atomic E-state index is 14.8. The second-order valence-electron chi connectivity index (χ2n) is 19.6. The molecular weight excluding hydrogens is 1220 g/mol. The number of benzene rings is 8. The summed E-state index contributed by atoms with van der Waals surface area (Å²) in [4.78, 5) is -0.818. The van der Waals surface area contributed by atoms with Crippen LogP contribution in [0.1, 0.15) is 61.1 Å². The van der Waals surface area contributed by atoms with Crippen molar-refractivity contribution < 1.29 is 65.9 Å². The number of nitrogens with zero attached hydrogens (tertiary/aromatic N) is 4. The lowest BCUT2D eigenvalue weighted by Crippen LogP contribution is -2.18. The summed E-state index contributed by atoms with van der Waals surface area (Å²) >= 11 is 0. The van der Waals surface area contributed by atoms with Crippen LogP contribution in [0.15, 0.2) is 231 Å².